The smallest absolute Gasteiger partial charge is 0.0797 e. The molecule has 0 bridgehead atoms. The van der Waals surface area contributed by atoms with Crippen LogP contribution in [0.1, 0.15) is 39.5 Å². The van der Waals surface area contributed by atoms with Crippen LogP contribution in [0.25, 0.3) is 0 Å². The highest BCUT2D eigenvalue weighted by molar-refractivity contribution is 4.95. The first-order valence-corrected chi connectivity index (χ1v) is 5.01. The van der Waals surface area contributed by atoms with Gasteiger partial charge in [-0.25, -0.2) is 0 Å². The molecule has 0 radical (unpaired) electrons. The minimum atomic E-state index is -0.537. The Kier molecular flexibility index (Phi) is 3.13. The number of nitrogens with two attached hydrogens (primary N) is 1. The third-order valence-electron chi connectivity index (χ3n) is 2.85. The van der Waals surface area contributed by atoms with Gasteiger partial charge in [0.15, 0.2) is 0 Å². The summed E-state index contributed by atoms with van der Waals surface area (Å²) in [6, 6.07) is 0. The maximum absolute atomic E-state index is 10.1. The molecule has 1 fully saturated rings. The highest BCUT2D eigenvalue weighted by atomic mass is 16.3. The van der Waals surface area contributed by atoms with Crippen molar-refractivity contribution < 1.29 is 5.11 Å². The molecule has 2 nitrogen and oxygen atoms in total. The summed E-state index contributed by atoms with van der Waals surface area (Å²) in [5.74, 6) is 1.17. The number of hydrogen-bond donors (Lipinski definition) is 2. The maximum atomic E-state index is 10.1. The van der Waals surface area contributed by atoms with E-state index in [4.69, 9.17) is 5.73 Å². The average Bonchev–Trinajstić information content (AvgIpc) is 2.82. The second-order valence-electron chi connectivity index (χ2n) is 4.51. The Labute approximate surface area is 75.2 Å². The molecule has 0 saturated heterocycles. The van der Waals surface area contributed by atoms with E-state index >= 15 is 0 Å². The van der Waals surface area contributed by atoms with Gasteiger partial charge in [-0.15, -0.1) is 0 Å². The highest BCUT2D eigenvalue weighted by Crippen LogP contribution is 2.41. The van der Waals surface area contributed by atoms with Crippen molar-refractivity contribution in [3.63, 3.8) is 0 Å². The molecule has 1 saturated carbocycles. The van der Waals surface area contributed by atoms with Gasteiger partial charge >= 0.3 is 0 Å². The summed E-state index contributed by atoms with van der Waals surface area (Å²) in [5.41, 5.74) is 5.05. The van der Waals surface area contributed by atoms with Crippen molar-refractivity contribution in [3.8, 4) is 0 Å². The van der Waals surface area contributed by atoms with Crippen molar-refractivity contribution in [3.05, 3.63) is 0 Å². The molecule has 0 aromatic heterocycles. The fraction of sp³-hybridized carbons (Fsp3) is 1.00. The average molecular weight is 171 g/mol. The van der Waals surface area contributed by atoms with E-state index in [0.29, 0.717) is 18.4 Å². The summed E-state index contributed by atoms with van der Waals surface area (Å²) < 4.78 is 0. The minimum absolute atomic E-state index is 0.435. The quantitative estimate of drug-likeness (QED) is 0.659. The summed E-state index contributed by atoms with van der Waals surface area (Å²) in [5, 5.41) is 10.1. The van der Waals surface area contributed by atoms with Crippen LogP contribution < -0.4 is 5.73 Å². The standard InChI is InChI=1S/C10H21NO/c1-8(2)5-6-10(12,7-11)9-3-4-9/h8-9,12H,3-7,11H2,1-2H3. The molecule has 1 atom stereocenters. The first kappa shape index (κ1) is 10.0. The van der Waals surface area contributed by atoms with Crippen molar-refractivity contribution in [1.29, 1.82) is 0 Å². The summed E-state index contributed by atoms with van der Waals surface area (Å²) in [4.78, 5) is 0. The number of aliphatic hydroxyl groups is 1. The minimum Gasteiger partial charge on any atom is -0.388 e. The monoisotopic (exact) mass is 171 g/mol. The predicted octanol–water partition coefficient (Wildman–Crippen LogP) is 1.52. The predicted molar refractivity (Wildman–Crippen MR) is 50.8 cm³/mol. The van der Waals surface area contributed by atoms with Crippen LogP contribution in [0.5, 0.6) is 0 Å². The molecule has 0 spiro atoms. The van der Waals surface area contributed by atoms with E-state index in [1.807, 2.05) is 0 Å². The molecular formula is C10H21NO. The lowest BCUT2D eigenvalue weighted by molar-refractivity contribution is 0.0130. The van der Waals surface area contributed by atoms with Gasteiger partial charge in [-0.1, -0.05) is 13.8 Å². The Morgan fingerprint density at radius 1 is 1.50 bits per heavy atom. The van der Waals surface area contributed by atoms with Gasteiger partial charge in [-0.05, 0) is 37.5 Å². The van der Waals surface area contributed by atoms with Crippen molar-refractivity contribution >= 4 is 0 Å². The topological polar surface area (TPSA) is 46.2 Å². The molecule has 1 aliphatic rings. The van der Waals surface area contributed by atoms with E-state index in [-0.39, 0.29) is 0 Å². The van der Waals surface area contributed by atoms with Crippen molar-refractivity contribution in [1.82, 2.24) is 0 Å². The van der Waals surface area contributed by atoms with E-state index < -0.39 is 5.60 Å². The van der Waals surface area contributed by atoms with Crippen LogP contribution >= 0.6 is 0 Å². The lowest BCUT2D eigenvalue weighted by Crippen LogP contribution is -2.40. The molecule has 1 rings (SSSR count). The molecule has 0 aliphatic heterocycles. The molecule has 0 heterocycles. The van der Waals surface area contributed by atoms with Crippen LogP contribution in [0.2, 0.25) is 0 Å². The molecule has 2 heteroatoms. The van der Waals surface area contributed by atoms with Crippen molar-refractivity contribution in [2.45, 2.75) is 45.1 Å². The summed E-state index contributed by atoms with van der Waals surface area (Å²) in [6.45, 7) is 4.80. The van der Waals surface area contributed by atoms with Crippen LogP contribution in [0.3, 0.4) is 0 Å². The van der Waals surface area contributed by atoms with E-state index in [0.717, 1.165) is 12.8 Å². The molecule has 72 valence electrons. The normalized spacial score (nSPS) is 22.8. The fourth-order valence-electron chi connectivity index (χ4n) is 1.63. The number of hydrogen-bond acceptors (Lipinski definition) is 2. The van der Waals surface area contributed by atoms with Gasteiger partial charge in [0, 0.05) is 6.54 Å². The second kappa shape index (κ2) is 3.75. The van der Waals surface area contributed by atoms with E-state index in [1.54, 1.807) is 0 Å². The Hall–Kier alpha value is -0.0800. The van der Waals surface area contributed by atoms with Crippen LogP contribution in [-0.2, 0) is 0 Å². The molecule has 0 aromatic rings. The zero-order valence-electron chi connectivity index (χ0n) is 8.21. The summed E-state index contributed by atoms with van der Waals surface area (Å²) in [6.07, 6.45) is 4.31. The Morgan fingerprint density at radius 3 is 2.42 bits per heavy atom. The molecule has 1 unspecified atom stereocenters. The van der Waals surface area contributed by atoms with Gasteiger partial charge in [-0.3, -0.25) is 0 Å². The van der Waals surface area contributed by atoms with Gasteiger partial charge in [0.1, 0.15) is 0 Å². The van der Waals surface area contributed by atoms with Crippen LogP contribution in [-0.4, -0.2) is 17.3 Å². The van der Waals surface area contributed by atoms with Crippen molar-refractivity contribution in [2.75, 3.05) is 6.54 Å². The third-order valence-corrected chi connectivity index (χ3v) is 2.85. The van der Waals surface area contributed by atoms with E-state index in [2.05, 4.69) is 13.8 Å². The molecule has 0 aromatic carbocycles. The van der Waals surface area contributed by atoms with Gasteiger partial charge in [0.05, 0.1) is 5.60 Å². The maximum Gasteiger partial charge on any atom is 0.0797 e. The van der Waals surface area contributed by atoms with E-state index in [9.17, 15) is 5.11 Å². The zero-order chi connectivity index (χ0) is 9.19. The van der Waals surface area contributed by atoms with Gasteiger partial charge in [-0.2, -0.15) is 0 Å². The van der Waals surface area contributed by atoms with Gasteiger partial charge < -0.3 is 10.8 Å². The zero-order valence-corrected chi connectivity index (χ0v) is 8.21. The molecule has 3 N–H and O–H groups in total. The van der Waals surface area contributed by atoms with Crippen LogP contribution in [0.4, 0.5) is 0 Å². The number of rotatable bonds is 5. The molecule has 0 amide bonds. The molecular weight excluding hydrogens is 150 g/mol. The fourth-order valence-corrected chi connectivity index (χ4v) is 1.63. The second-order valence-corrected chi connectivity index (χ2v) is 4.51. The highest BCUT2D eigenvalue weighted by Gasteiger charge is 2.42. The third kappa shape index (κ3) is 2.46. The summed E-state index contributed by atoms with van der Waals surface area (Å²) in [7, 11) is 0. The van der Waals surface area contributed by atoms with Crippen LogP contribution in [0.15, 0.2) is 0 Å². The largest absolute Gasteiger partial charge is 0.388 e. The van der Waals surface area contributed by atoms with Gasteiger partial charge in [0.2, 0.25) is 0 Å². The van der Waals surface area contributed by atoms with Crippen molar-refractivity contribution in [2.24, 2.45) is 17.6 Å². The first-order chi connectivity index (χ1) is 5.58. The lowest BCUT2D eigenvalue weighted by Gasteiger charge is -2.27. The first-order valence-electron chi connectivity index (χ1n) is 5.01. The summed E-state index contributed by atoms with van der Waals surface area (Å²) >= 11 is 0. The Morgan fingerprint density at radius 2 is 2.08 bits per heavy atom. The lowest BCUT2D eigenvalue weighted by atomic mass is 9.89. The molecule has 1 aliphatic carbocycles. The van der Waals surface area contributed by atoms with Crippen LogP contribution in [0, 0.1) is 11.8 Å². The Balaban J connectivity index is 2.33. The van der Waals surface area contributed by atoms with E-state index in [1.165, 1.54) is 12.8 Å². The molecule has 12 heavy (non-hydrogen) atoms. The Bertz CT molecular complexity index is 143. The van der Waals surface area contributed by atoms with Gasteiger partial charge in [0.25, 0.3) is 0 Å². The SMILES string of the molecule is CC(C)CCC(O)(CN)C1CC1.